The molecule has 0 saturated carbocycles. The number of furan rings is 1. The number of carbonyl (C=O) groups excluding carboxylic acids is 1. The Morgan fingerprint density at radius 2 is 2.28 bits per heavy atom. The van der Waals surface area contributed by atoms with Crippen LogP contribution in [0.3, 0.4) is 0 Å². The van der Waals surface area contributed by atoms with Gasteiger partial charge in [0.2, 0.25) is 0 Å². The van der Waals surface area contributed by atoms with Crippen LogP contribution >= 0.6 is 23.2 Å². The molecule has 1 amide bonds. The van der Waals surface area contributed by atoms with Crippen molar-refractivity contribution in [1.29, 1.82) is 0 Å². The molecule has 2 heterocycles. The summed E-state index contributed by atoms with van der Waals surface area (Å²) in [6.07, 6.45) is -0.162. The standard InChI is InChI=1S/C12H15Cl2NO3/c1-12(2)7-15(6-8(5-13)18-12)11(16)9-3-4-10(14)17-9/h3-4,8H,5-7H2,1-2H3. The molecular weight excluding hydrogens is 277 g/mol. The van der Waals surface area contributed by atoms with Crippen LogP contribution in [0.15, 0.2) is 16.5 Å². The van der Waals surface area contributed by atoms with Crippen LogP contribution in [0.1, 0.15) is 24.4 Å². The van der Waals surface area contributed by atoms with Gasteiger partial charge in [-0.15, -0.1) is 11.6 Å². The van der Waals surface area contributed by atoms with E-state index in [9.17, 15) is 4.79 Å². The third-order valence-corrected chi connectivity index (χ3v) is 3.27. The van der Waals surface area contributed by atoms with Crippen molar-refractivity contribution in [3.05, 3.63) is 23.1 Å². The highest BCUT2D eigenvalue weighted by molar-refractivity contribution is 6.29. The predicted octanol–water partition coefficient (Wildman–Crippen LogP) is 2.79. The van der Waals surface area contributed by atoms with Gasteiger partial charge in [0.05, 0.1) is 17.6 Å². The first kappa shape index (κ1) is 13.7. The Balaban J connectivity index is 2.14. The van der Waals surface area contributed by atoms with E-state index in [2.05, 4.69) is 0 Å². The van der Waals surface area contributed by atoms with Crippen molar-refractivity contribution in [3.8, 4) is 0 Å². The lowest BCUT2D eigenvalue weighted by atomic mass is 10.1. The lowest BCUT2D eigenvalue weighted by molar-refractivity contribution is -0.117. The first-order valence-corrected chi connectivity index (χ1v) is 6.61. The molecule has 2 rings (SSSR count). The molecule has 1 saturated heterocycles. The van der Waals surface area contributed by atoms with Crippen LogP contribution in [-0.4, -0.2) is 41.5 Å². The number of carbonyl (C=O) groups is 1. The maximum atomic E-state index is 12.2. The van der Waals surface area contributed by atoms with Crippen LogP contribution in [0.4, 0.5) is 0 Å². The second-order valence-electron chi connectivity index (χ2n) is 4.94. The first-order chi connectivity index (χ1) is 8.41. The molecule has 100 valence electrons. The maximum Gasteiger partial charge on any atom is 0.289 e. The van der Waals surface area contributed by atoms with Gasteiger partial charge >= 0.3 is 0 Å². The van der Waals surface area contributed by atoms with Crippen molar-refractivity contribution < 1.29 is 13.9 Å². The average Bonchev–Trinajstić information content (AvgIpc) is 2.72. The summed E-state index contributed by atoms with van der Waals surface area (Å²) in [7, 11) is 0. The summed E-state index contributed by atoms with van der Waals surface area (Å²) >= 11 is 11.5. The predicted molar refractivity (Wildman–Crippen MR) is 69.3 cm³/mol. The van der Waals surface area contributed by atoms with Crippen LogP contribution in [0.25, 0.3) is 0 Å². The third-order valence-electron chi connectivity index (χ3n) is 2.72. The van der Waals surface area contributed by atoms with Crippen molar-refractivity contribution in [1.82, 2.24) is 4.90 Å². The molecule has 6 heteroatoms. The van der Waals surface area contributed by atoms with Gasteiger partial charge in [-0.3, -0.25) is 4.79 Å². The Labute approximate surface area is 116 Å². The largest absolute Gasteiger partial charge is 0.440 e. The van der Waals surface area contributed by atoms with Crippen LogP contribution in [0, 0.1) is 0 Å². The fourth-order valence-electron chi connectivity index (χ4n) is 2.12. The van der Waals surface area contributed by atoms with Crippen LogP contribution in [0.2, 0.25) is 5.22 Å². The molecule has 1 aliphatic heterocycles. The first-order valence-electron chi connectivity index (χ1n) is 5.70. The summed E-state index contributed by atoms with van der Waals surface area (Å²) in [5.74, 6) is 0.408. The number of nitrogens with zero attached hydrogens (tertiary/aromatic N) is 1. The molecule has 1 aromatic heterocycles. The Morgan fingerprint density at radius 3 is 2.83 bits per heavy atom. The number of amides is 1. The summed E-state index contributed by atoms with van der Waals surface area (Å²) < 4.78 is 10.9. The van der Waals surface area contributed by atoms with Crippen molar-refractivity contribution in [2.45, 2.75) is 25.6 Å². The van der Waals surface area contributed by atoms with E-state index in [1.807, 2.05) is 13.8 Å². The minimum absolute atomic E-state index is 0.162. The molecule has 0 aromatic carbocycles. The summed E-state index contributed by atoms with van der Waals surface area (Å²) in [6, 6.07) is 3.13. The fraction of sp³-hybridized carbons (Fsp3) is 0.583. The smallest absolute Gasteiger partial charge is 0.289 e. The highest BCUT2D eigenvalue weighted by Gasteiger charge is 2.36. The van der Waals surface area contributed by atoms with Gasteiger partial charge in [-0.25, -0.2) is 0 Å². The monoisotopic (exact) mass is 291 g/mol. The molecule has 1 atom stereocenters. The summed E-state index contributed by atoms with van der Waals surface area (Å²) in [5.41, 5.74) is -0.413. The van der Waals surface area contributed by atoms with Crippen LogP contribution in [0.5, 0.6) is 0 Å². The molecule has 0 N–H and O–H groups in total. The zero-order chi connectivity index (χ0) is 13.3. The van der Waals surface area contributed by atoms with Gasteiger partial charge in [0, 0.05) is 13.1 Å². The second kappa shape index (κ2) is 5.11. The summed E-state index contributed by atoms with van der Waals surface area (Å²) in [6.45, 7) is 4.82. The quantitative estimate of drug-likeness (QED) is 0.787. The lowest BCUT2D eigenvalue weighted by Crippen LogP contribution is -2.55. The van der Waals surface area contributed by atoms with Gasteiger partial charge in [-0.2, -0.15) is 0 Å². The molecule has 1 aromatic rings. The van der Waals surface area contributed by atoms with Crippen molar-refractivity contribution >= 4 is 29.1 Å². The van der Waals surface area contributed by atoms with E-state index in [0.717, 1.165) is 0 Å². The molecule has 4 nitrogen and oxygen atoms in total. The third kappa shape index (κ3) is 2.99. The lowest BCUT2D eigenvalue weighted by Gasteiger charge is -2.41. The van der Waals surface area contributed by atoms with E-state index >= 15 is 0 Å². The van der Waals surface area contributed by atoms with Crippen LogP contribution in [-0.2, 0) is 4.74 Å². The molecule has 0 bridgehead atoms. The van der Waals surface area contributed by atoms with E-state index in [-0.39, 0.29) is 23.0 Å². The zero-order valence-electron chi connectivity index (χ0n) is 10.3. The van der Waals surface area contributed by atoms with E-state index < -0.39 is 5.60 Å². The normalized spacial score (nSPS) is 23.1. The van der Waals surface area contributed by atoms with Crippen molar-refractivity contribution in [3.63, 3.8) is 0 Å². The maximum absolute atomic E-state index is 12.2. The van der Waals surface area contributed by atoms with Gasteiger partial charge in [0.15, 0.2) is 11.0 Å². The molecular formula is C12H15Cl2NO3. The zero-order valence-corrected chi connectivity index (χ0v) is 11.8. The fourth-order valence-corrected chi connectivity index (χ4v) is 2.42. The SMILES string of the molecule is CC1(C)CN(C(=O)c2ccc(Cl)o2)CC(CCl)O1. The van der Waals surface area contributed by atoms with Crippen molar-refractivity contribution in [2.24, 2.45) is 0 Å². The minimum atomic E-state index is -0.413. The highest BCUT2D eigenvalue weighted by Crippen LogP contribution is 2.24. The minimum Gasteiger partial charge on any atom is -0.440 e. The van der Waals surface area contributed by atoms with Gasteiger partial charge in [0.25, 0.3) is 5.91 Å². The highest BCUT2D eigenvalue weighted by atomic mass is 35.5. The Morgan fingerprint density at radius 1 is 1.56 bits per heavy atom. The number of hydrogen-bond acceptors (Lipinski definition) is 3. The summed E-state index contributed by atoms with van der Waals surface area (Å²) in [4.78, 5) is 13.9. The molecule has 1 fully saturated rings. The molecule has 1 aliphatic rings. The van der Waals surface area contributed by atoms with Crippen molar-refractivity contribution in [2.75, 3.05) is 19.0 Å². The Hall–Kier alpha value is -0.710. The molecule has 18 heavy (non-hydrogen) atoms. The second-order valence-corrected chi connectivity index (χ2v) is 5.62. The average molecular weight is 292 g/mol. The Kier molecular flexibility index (Phi) is 3.90. The number of halogens is 2. The van der Waals surface area contributed by atoms with Gasteiger partial charge in [0.1, 0.15) is 0 Å². The van der Waals surface area contributed by atoms with Gasteiger partial charge in [-0.1, -0.05) is 0 Å². The molecule has 1 unspecified atom stereocenters. The van der Waals surface area contributed by atoms with Gasteiger partial charge < -0.3 is 14.1 Å². The number of rotatable bonds is 2. The number of ether oxygens (including phenoxy) is 1. The molecule has 0 spiro atoms. The van der Waals surface area contributed by atoms with E-state index in [0.29, 0.717) is 19.0 Å². The molecule has 0 radical (unpaired) electrons. The number of alkyl halides is 1. The molecule has 0 aliphatic carbocycles. The van der Waals surface area contributed by atoms with E-state index in [1.165, 1.54) is 0 Å². The number of hydrogen-bond donors (Lipinski definition) is 0. The van der Waals surface area contributed by atoms with Crippen LogP contribution < -0.4 is 0 Å². The summed E-state index contributed by atoms with van der Waals surface area (Å²) in [5, 5.41) is 0.208. The van der Waals surface area contributed by atoms with E-state index in [4.69, 9.17) is 32.4 Å². The van der Waals surface area contributed by atoms with E-state index in [1.54, 1.807) is 17.0 Å². The van der Waals surface area contributed by atoms with Gasteiger partial charge in [-0.05, 0) is 37.6 Å². The number of morpholine rings is 1. The topological polar surface area (TPSA) is 42.7 Å². The Bertz CT molecular complexity index is 444.